The Hall–Kier alpha value is -1.52. The second-order valence-electron chi connectivity index (χ2n) is 4.94. The number of benzene rings is 2. The Balaban J connectivity index is 1.74. The first kappa shape index (κ1) is 16.8. The summed E-state index contributed by atoms with van der Waals surface area (Å²) in [6.45, 7) is 2.52. The van der Waals surface area contributed by atoms with E-state index in [4.69, 9.17) is 16.3 Å². The Morgan fingerprint density at radius 2 is 2.09 bits per heavy atom. The van der Waals surface area contributed by atoms with E-state index < -0.39 is 0 Å². The Labute approximate surface area is 143 Å². The molecular weight excluding hydrogens is 366 g/mol. The lowest BCUT2D eigenvalue weighted by atomic mass is 10.2. The third-order valence-corrected chi connectivity index (χ3v) is 3.82. The second-order valence-corrected chi connectivity index (χ2v) is 6.26. The van der Waals surface area contributed by atoms with Gasteiger partial charge < -0.3 is 10.1 Å². The van der Waals surface area contributed by atoms with Crippen LogP contribution in [0.2, 0.25) is 5.02 Å². The van der Waals surface area contributed by atoms with Crippen LogP contribution < -0.4 is 10.1 Å². The molecule has 0 aromatic heterocycles. The van der Waals surface area contributed by atoms with Gasteiger partial charge in [-0.05, 0) is 49.2 Å². The molecule has 0 bridgehead atoms. The molecule has 2 aromatic rings. The van der Waals surface area contributed by atoms with Crippen molar-refractivity contribution in [2.45, 2.75) is 19.8 Å². The fourth-order valence-electron chi connectivity index (χ4n) is 1.93. The molecule has 0 saturated carbocycles. The van der Waals surface area contributed by atoms with Gasteiger partial charge in [0, 0.05) is 10.9 Å². The molecule has 0 spiro atoms. The lowest BCUT2D eigenvalue weighted by Gasteiger charge is -2.09. The van der Waals surface area contributed by atoms with Crippen LogP contribution in [-0.4, -0.2) is 12.5 Å². The van der Waals surface area contributed by atoms with Gasteiger partial charge in [-0.2, -0.15) is 0 Å². The molecule has 0 aliphatic carbocycles. The Bertz CT molecular complexity index is 661. The maximum atomic E-state index is 11.9. The fraction of sp³-hybridized carbons (Fsp3) is 0.235. The monoisotopic (exact) mass is 381 g/mol. The number of carbonyl (C=O) groups excluding carboxylic acids is 1. The number of amides is 1. The second kappa shape index (κ2) is 8.20. The van der Waals surface area contributed by atoms with E-state index in [2.05, 4.69) is 21.2 Å². The van der Waals surface area contributed by atoms with Crippen molar-refractivity contribution >= 4 is 39.1 Å². The number of anilines is 1. The molecule has 0 radical (unpaired) electrons. The summed E-state index contributed by atoms with van der Waals surface area (Å²) in [7, 11) is 0. The summed E-state index contributed by atoms with van der Waals surface area (Å²) in [5, 5.41) is 3.31. The van der Waals surface area contributed by atoms with Crippen molar-refractivity contribution in [3.8, 4) is 5.75 Å². The van der Waals surface area contributed by atoms with Crippen molar-refractivity contribution in [3.63, 3.8) is 0 Å². The SMILES string of the molecule is Cc1cccc(OCCCC(=O)Nc2ccc(Br)cc2Cl)c1. The molecule has 1 amide bonds. The van der Waals surface area contributed by atoms with Crippen molar-refractivity contribution in [1.82, 2.24) is 0 Å². The Kier molecular flexibility index (Phi) is 6.28. The quantitative estimate of drug-likeness (QED) is 0.697. The standard InChI is InChI=1S/C17H17BrClNO2/c1-12-4-2-5-14(10-12)22-9-3-6-17(21)20-16-8-7-13(18)11-15(16)19/h2,4-5,7-8,10-11H,3,6,9H2,1H3,(H,20,21). The molecule has 0 aliphatic heterocycles. The zero-order valence-electron chi connectivity index (χ0n) is 12.2. The zero-order chi connectivity index (χ0) is 15.9. The van der Waals surface area contributed by atoms with Crippen molar-refractivity contribution in [2.75, 3.05) is 11.9 Å². The van der Waals surface area contributed by atoms with E-state index in [-0.39, 0.29) is 5.91 Å². The minimum Gasteiger partial charge on any atom is -0.494 e. The van der Waals surface area contributed by atoms with Gasteiger partial charge in [-0.15, -0.1) is 0 Å². The van der Waals surface area contributed by atoms with Gasteiger partial charge >= 0.3 is 0 Å². The normalized spacial score (nSPS) is 10.3. The van der Waals surface area contributed by atoms with Crippen LogP contribution in [0.3, 0.4) is 0 Å². The third-order valence-electron chi connectivity index (χ3n) is 3.01. The maximum absolute atomic E-state index is 11.9. The summed E-state index contributed by atoms with van der Waals surface area (Å²) in [6, 6.07) is 13.2. The molecule has 2 aromatic carbocycles. The van der Waals surface area contributed by atoms with Crippen LogP contribution in [0.1, 0.15) is 18.4 Å². The highest BCUT2D eigenvalue weighted by Gasteiger charge is 2.06. The van der Waals surface area contributed by atoms with Gasteiger partial charge in [-0.3, -0.25) is 4.79 Å². The van der Waals surface area contributed by atoms with Crippen molar-refractivity contribution in [3.05, 3.63) is 57.5 Å². The van der Waals surface area contributed by atoms with Gasteiger partial charge in [0.1, 0.15) is 5.75 Å². The highest BCUT2D eigenvalue weighted by atomic mass is 79.9. The Morgan fingerprint density at radius 1 is 1.27 bits per heavy atom. The summed E-state index contributed by atoms with van der Waals surface area (Å²) in [6.07, 6.45) is 1.03. The Morgan fingerprint density at radius 3 is 2.82 bits per heavy atom. The van der Waals surface area contributed by atoms with Crippen LogP contribution in [0.4, 0.5) is 5.69 Å². The van der Waals surface area contributed by atoms with Crippen molar-refractivity contribution < 1.29 is 9.53 Å². The molecule has 0 heterocycles. The molecule has 22 heavy (non-hydrogen) atoms. The molecule has 0 atom stereocenters. The minimum atomic E-state index is -0.0722. The van der Waals surface area contributed by atoms with Crippen LogP contribution in [0.5, 0.6) is 5.75 Å². The van der Waals surface area contributed by atoms with Gasteiger partial charge in [0.2, 0.25) is 5.91 Å². The number of carbonyl (C=O) groups is 1. The summed E-state index contributed by atoms with van der Waals surface area (Å²) in [4.78, 5) is 11.9. The zero-order valence-corrected chi connectivity index (χ0v) is 14.6. The third kappa shape index (κ3) is 5.35. The molecule has 116 valence electrons. The van der Waals surface area contributed by atoms with Crippen LogP contribution in [0, 0.1) is 6.92 Å². The summed E-state index contributed by atoms with van der Waals surface area (Å²) < 4.78 is 6.49. The predicted octanol–water partition coefficient (Wildman–Crippen LogP) is 5.21. The molecule has 0 saturated heterocycles. The average molecular weight is 383 g/mol. The maximum Gasteiger partial charge on any atom is 0.224 e. The van der Waals surface area contributed by atoms with Crippen molar-refractivity contribution in [1.29, 1.82) is 0 Å². The van der Waals surface area contributed by atoms with Gasteiger partial charge in [0.05, 0.1) is 17.3 Å². The van der Waals surface area contributed by atoms with Crippen LogP contribution >= 0.6 is 27.5 Å². The number of ether oxygens (including phenoxy) is 1. The van der Waals surface area contributed by atoms with E-state index in [1.54, 1.807) is 12.1 Å². The highest BCUT2D eigenvalue weighted by Crippen LogP contribution is 2.25. The summed E-state index contributed by atoms with van der Waals surface area (Å²) in [5.74, 6) is 0.758. The molecule has 1 N–H and O–H groups in total. The topological polar surface area (TPSA) is 38.3 Å². The van der Waals surface area contributed by atoms with Gasteiger partial charge in [-0.25, -0.2) is 0 Å². The number of hydrogen-bond donors (Lipinski definition) is 1. The van der Waals surface area contributed by atoms with E-state index in [1.165, 1.54) is 0 Å². The number of rotatable bonds is 6. The fourth-order valence-corrected chi connectivity index (χ4v) is 2.65. The molecule has 3 nitrogen and oxygen atoms in total. The number of aryl methyl sites for hydroxylation is 1. The average Bonchev–Trinajstić information content (AvgIpc) is 2.47. The predicted molar refractivity (Wildman–Crippen MR) is 93.7 cm³/mol. The van der Waals surface area contributed by atoms with E-state index in [1.807, 2.05) is 37.3 Å². The van der Waals surface area contributed by atoms with Crippen LogP contribution in [0.25, 0.3) is 0 Å². The number of nitrogens with one attached hydrogen (secondary N) is 1. The van der Waals surface area contributed by atoms with Crippen molar-refractivity contribution in [2.24, 2.45) is 0 Å². The van der Waals surface area contributed by atoms with Gasteiger partial charge in [-0.1, -0.05) is 39.7 Å². The first-order chi connectivity index (χ1) is 10.5. The smallest absolute Gasteiger partial charge is 0.224 e. The van der Waals surface area contributed by atoms with E-state index in [0.29, 0.717) is 30.2 Å². The highest BCUT2D eigenvalue weighted by molar-refractivity contribution is 9.10. The first-order valence-corrected chi connectivity index (χ1v) is 8.16. The van der Waals surface area contributed by atoms with E-state index >= 15 is 0 Å². The minimum absolute atomic E-state index is 0.0722. The lowest BCUT2D eigenvalue weighted by Crippen LogP contribution is -2.13. The van der Waals surface area contributed by atoms with Gasteiger partial charge in [0.25, 0.3) is 0 Å². The van der Waals surface area contributed by atoms with E-state index in [9.17, 15) is 4.79 Å². The molecule has 0 unspecified atom stereocenters. The molecule has 0 aliphatic rings. The van der Waals surface area contributed by atoms with Crippen LogP contribution in [0.15, 0.2) is 46.9 Å². The lowest BCUT2D eigenvalue weighted by molar-refractivity contribution is -0.116. The summed E-state index contributed by atoms with van der Waals surface area (Å²) >= 11 is 9.39. The largest absolute Gasteiger partial charge is 0.494 e. The van der Waals surface area contributed by atoms with Crippen LogP contribution in [-0.2, 0) is 4.79 Å². The van der Waals surface area contributed by atoms with E-state index in [0.717, 1.165) is 15.8 Å². The number of hydrogen-bond acceptors (Lipinski definition) is 2. The first-order valence-electron chi connectivity index (χ1n) is 6.99. The number of halogens is 2. The molecule has 0 fully saturated rings. The summed E-state index contributed by atoms with van der Waals surface area (Å²) in [5.41, 5.74) is 1.77. The molecular formula is C17H17BrClNO2. The van der Waals surface area contributed by atoms with Gasteiger partial charge in [0.15, 0.2) is 0 Å². The molecule has 2 rings (SSSR count). The molecule has 5 heteroatoms.